The normalized spacial score (nSPS) is 14.4. The van der Waals surface area contributed by atoms with Crippen molar-refractivity contribution in [3.63, 3.8) is 0 Å². The molecule has 9 aromatic carbocycles. The van der Waals surface area contributed by atoms with E-state index in [1.165, 1.54) is 108 Å². The molecule has 3 heterocycles. The van der Waals surface area contributed by atoms with Crippen molar-refractivity contribution in [2.45, 2.75) is 62.2 Å². The largest absolute Gasteiger partial charge is 0.311 e. The van der Waals surface area contributed by atoms with Gasteiger partial charge in [-0.15, -0.1) is 0 Å². The van der Waals surface area contributed by atoms with Gasteiger partial charge in [0.05, 0.1) is 0 Å². The van der Waals surface area contributed by atoms with E-state index >= 15 is 0 Å². The molecule has 0 atom stereocenters. The van der Waals surface area contributed by atoms with E-state index in [-0.39, 0.29) is 17.5 Å². The summed E-state index contributed by atoms with van der Waals surface area (Å²) in [5.74, 6) is 0. The van der Waals surface area contributed by atoms with Gasteiger partial charge in [0.25, 0.3) is 0 Å². The molecule has 0 saturated carbocycles. The first kappa shape index (κ1) is 39.3. The molecule has 0 unspecified atom stereocenters. The second kappa shape index (κ2) is 14.3. The summed E-state index contributed by atoms with van der Waals surface area (Å²) in [5, 5.41) is 8.30. The van der Waals surface area contributed by atoms with Crippen molar-refractivity contribution in [1.29, 1.82) is 0 Å². The van der Waals surface area contributed by atoms with E-state index in [4.69, 9.17) is 0 Å². The second-order valence-corrected chi connectivity index (χ2v) is 24.9. The van der Waals surface area contributed by atoms with Crippen LogP contribution in [-0.4, -0.2) is 14.8 Å². The zero-order valence-corrected chi connectivity index (χ0v) is 39.2. The fourth-order valence-corrected chi connectivity index (χ4v) is 17.5. The fourth-order valence-electron chi connectivity index (χ4n) is 11.2. The van der Waals surface area contributed by atoms with Crippen LogP contribution in [0.1, 0.15) is 52.7 Å². The minimum absolute atomic E-state index is 0.00675. The first-order valence-corrected chi connectivity index (χ1v) is 25.6. The minimum atomic E-state index is -2.80. The Morgan fingerprint density at radius 3 is 1.80 bits per heavy atom. The molecular formula is C60H50BNSSi. The summed E-state index contributed by atoms with van der Waals surface area (Å²) in [7, 11) is -2.80. The Kier molecular flexibility index (Phi) is 8.80. The van der Waals surface area contributed by atoms with Crippen LogP contribution in [-0.2, 0) is 10.8 Å². The molecule has 0 N–H and O–H groups in total. The molecule has 1 nitrogen and oxygen atoms in total. The third-order valence-electron chi connectivity index (χ3n) is 14.3. The lowest BCUT2D eigenvalue weighted by Crippen LogP contribution is -2.73. The van der Waals surface area contributed by atoms with Crippen LogP contribution in [0.5, 0.6) is 0 Å². The predicted molar refractivity (Wildman–Crippen MR) is 279 cm³/mol. The molecule has 0 aromatic heterocycles. The van der Waals surface area contributed by atoms with Gasteiger partial charge in [0.15, 0.2) is 8.07 Å². The Morgan fingerprint density at radius 1 is 0.453 bits per heavy atom. The van der Waals surface area contributed by atoms with Crippen molar-refractivity contribution < 1.29 is 0 Å². The Bertz CT molecular complexity index is 3280. The van der Waals surface area contributed by atoms with E-state index in [1.54, 1.807) is 0 Å². The van der Waals surface area contributed by atoms with Crippen LogP contribution in [0.4, 0.5) is 17.1 Å². The Morgan fingerprint density at radius 2 is 1.08 bits per heavy atom. The van der Waals surface area contributed by atoms with Crippen LogP contribution >= 0.6 is 11.8 Å². The molecule has 0 amide bonds. The maximum Gasteiger partial charge on any atom is 0.249 e. The lowest BCUT2D eigenvalue weighted by atomic mass is 9.34. The first-order chi connectivity index (χ1) is 31.0. The summed E-state index contributed by atoms with van der Waals surface area (Å²) in [4.78, 5) is 5.32. The van der Waals surface area contributed by atoms with E-state index in [0.717, 1.165) is 0 Å². The smallest absolute Gasteiger partial charge is 0.249 e. The molecule has 0 spiro atoms. The molecule has 9 aromatic rings. The van der Waals surface area contributed by atoms with Crippen molar-refractivity contribution in [2.24, 2.45) is 0 Å². The van der Waals surface area contributed by atoms with Crippen LogP contribution in [0, 0.1) is 0 Å². The quantitative estimate of drug-likeness (QED) is 0.162. The summed E-state index contributed by atoms with van der Waals surface area (Å²) in [6, 6.07) is 75.0. The molecule has 64 heavy (non-hydrogen) atoms. The summed E-state index contributed by atoms with van der Waals surface area (Å²) in [5.41, 5.74) is 15.9. The van der Waals surface area contributed by atoms with Gasteiger partial charge in [-0.1, -0.05) is 216 Å². The number of benzene rings is 9. The highest BCUT2D eigenvalue weighted by atomic mass is 32.2. The molecule has 0 saturated heterocycles. The number of fused-ring (bicyclic) bond motifs is 8. The molecule has 0 bridgehead atoms. The zero-order valence-electron chi connectivity index (χ0n) is 37.4. The first-order valence-electron chi connectivity index (χ1n) is 22.8. The predicted octanol–water partition coefficient (Wildman–Crippen LogP) is 11.2. The second-order valence-electron chi connectivity index (χ2n) is 20.1. The van der Waals surface area contributed by atoms with Crippen molar-refractivity contribution >= 4 is 91.5 Å². The van der Waals surface area contributed by atoms with Crippen LogP contribution in [0.3, 0.4) is 0 Å². The molecule has 4 heteroatoms. The van der Waals surface area contributed by atoms with E-state index in [9.17, 15) is 0 Å². The number of hydrogen-bond acceptors (Lipinski definition) is 2. The number of nitrogens with zero attached hydrogens (tertiary/aromatic N) is 1. The van der Waals surface area contributed by atoms with E-state index in [0.29, 0.717) is 0 Å². The van der Waals surface area contributed by atoms with Gasteiger partial charge in [-0.3, -0.25) is 0 Å². The fraction of sp³-hybridized carbons (Fsp3) is 0.133. The SMILES string of the molecule is CC(C)(C)c1ccc(N2c3cc4c(cc3B3c5cc(C(C)(C)C)ccc5Sc5cc(-c6cccc7ccccc67)cc2c53)-c2ccccc2[Si]4(c2ccccc2)c2ccccc2)cc1. The summed E-state index contributed by atoms with van der Waals surface area (Å²) < 4.78 is 0. The van der Waals surface area contributed by atoms with Crippen LogP contribution in [0.25, 0.3) is 33.0 Å². The molecule has 3 aliphatic heterocycles. The maximum atomic E-state index is 2.66. The van der Waals surface area contributed by atoms with Gasteiger partial charge in [-0.25, -0.2) is 0 Å². The van der Waals surface area contributed by atoms with Gasteiger partial charge in [0, 0.05) is 26.9 Å². The number of hydrogen-bond donors (Lipinski definition) is 0. The van der Waals surface area contributed by atoms with E-state index in [2.05, 4.69) is 241 Å². The standard InChI is InChI=1S/C60H50BNSSi/c1-59(2,3)41-28-31-43(32-29-41)62-52-38-57-49(48-25-15-16-27-56(48)64(57,44-20-9-7-10-21-44)45-22-11-8-12-23-45)37-50(52)61-51-36-42(60(4,5)6)30-33-54(51)63-55-35-40(34-53(62)58(55)61)47-26-17-19-39-18-13-14-24-46(39)47/h7-38H,1-6H3. The van der Waals surface area contributed by atoms with Crippen molar-refractivity contribution in [2.75, 3.05) is 4.90 Å². The van der Waals surface area contributed by atoms with E-state index in [1.807, 2.05) is 11.8 Å². The summed E-state index contributed by atoms with van der Waals surface area (Å²) in [6.45, 7) is 14.0. The maximum absolute atomic E-state index is 2.80. The van der Waals surface area contributed by atoms with Crippen LogP contribution in [0.15, 0.2) is 204 Å². The van der Waals surface area contributed by atoms with Gasteiger partial charge < -0.3 is 4.90 Å². The zero-order chi connectivity index (χ0) is 43.5. The molecular weight excluding hydrogens is 806 g/mol. The van der Waals surface area contributed by atoms with Crippen molar-refractivity contribution in [3.8, 4) is 22.3 Å². The molecule has 3 aliphatic rings. The van der Waals surface area contributed by atoms with Crippen LogP contribution < -0.4 is 42.0 Å². The highest BCUT2D eigenvalue weighted by molar-refractivity contribution is 8.00. The summed E-state index contributed by atoms with van der Waals surface area (Å²) >= 11 is 1.95. The average Bonchev–Trinajstić information content (AvgIpc) is 3.60. The topological polar surface area (TPSA) is 3.24 Å². The average molecular weight is 856 g/mol. The highest BCUT2D eigenvalue weighted by Crippen LogP contribution is 2.46. The van der Waals surface area contributed by atoms with Gasteiger partial charge in [0.1, 0.15) is 0 Å². The Hall–Kier alpha value is -6.33. The van der Waals surface area contributed by atoms with Crippen molar-refractivity contribution in [1.82, 2.24) is 0 Å². The third kappa shape index (κ3) is 5.85. The Balaban J connectivity index is 1.22. The van der Waals surface area contributed by atoms with Gasteiger partial charge in [0.2, 0.25) is 6.71 Å². The molecule has 0 radical (unpaired) electrons. The van der Waals surface area contributed by atoms with E-state index < -0.39 is 8.07 Å². The number of anilines is 3. The molecule has 0 aliphatic carbocycles. The highest BCUT2D eigenvalue weighted by Gasteiger charge is 2.51. The minimum Gasteiger partial charge on any atom is -0.311 e. The van der Waals surface area contributed by atoms with Crippen molar-refractivity contribution in [3.05, 3.63) is 205 Å². The summed E-state index contributed by atoms with van der Waals surface area (Å²) in [6.07, 6.45) is 0. The molecule has 0 fully saturated rings. The molecule has 308 valence electrons. The van der Waals surface area contributed by atoms with Gasteiger partial charge in [-0.2, -0.15) is 0 Å². The van der Waals surface area contributed by atoms with Crippen LogP contribution in [0.2, 0.25) is 0 Å². The Labute approximate surface area is 384 Å². The third-order valence-corrected chi connectivity index (χ3v) is 20.3. The number of rotatable bonds is 4. The monoisotopic (exact) mass is 855 g/mol. The van der Waals surface area contributed by atoms with Gasteiger partial charge >= 0.3 is 0 Å². The van der Waals surface area contributed by atoms with Gasteiger partial charge in [-0.05, 0) is 123 Å². The lowest BCUT2D eigenvalue weighted by Gasteiger charge is -2.42. The molecule has 12 rings (SSSR count). The lowest BCUT2D eigenvalue weighted by molar-refractivity contribution is 0.590.